The fourth-order valence-corrected chi connectivity index (χ4v) is 4.59. The van der Waals surface area contributed by atoms with Crippen LogP contribution in [-0.2, 0) is 24.4 Å². The van der Waals surface area contributed by atoms with Crippen molar-refractivity contribution in [3.05, 3.63) is 97.0 Å². The molecule has 0 aliphatic rings. The summed E-state index contributed by atoms with van der Waals surface area (Å²) in [5, 5.41) is 5.09. The average molecular weight is 484 g/mol. The monoisotopic (exact) mass is 483 g/mol. The van der Waals surface area contributed by atoms with Crippen LogP contribution < -0.4 is 21.3 Å². The molecule has 33 heavy (non-hydrogen) atoms. The third-order valence-electron chi connectivity index (χ3n) is 5.12. The van der Waals surface area contributed by atoms with Gasteiger partial charge in [-0.25, -0.2) is 4.79 Å². The average Bonchev–Trinajstić information content (AvgIpc) is 3.30. The number of halogens is 1. The largest absolute Gasteiger partial charge is 0.494 e. The van der Waals surface area contributed by atoms with Crippen LogP contribution in [0.5, 0.6) is 5.75 Å². The van der Waals surface area contributed by atoms with Crippen molar-refractivity contribution in [3.63, 3.8) is 0 Å². The molecule has 4 aromatic rings. The molecule has 0 radical (unpaired) electrons. The maximum Gasteiger partial charge on any atom is 0.332 e. The SMILES string of the molecule is CCOc1cccc(Cn2c(=O)c3sccc3n(CC(=O)NCc3ccccc3Cl)c2=O)c1. The van der Waals surface area contributed by atoms with Crippen molar-refractivity contribution in [2.24, 2.45) is 0 Å². The van der Waals surface area contributed by atoms with Crippen LogP contribution in [-0.4, -0.2) is 21.6 Å². The predicted molar refractivity (Wildman–Crippen MR) is 130 cm³/mol. The fourth-order valence-electron chi connectivity index (χ4n) is 3.54. The topological polar surface area (TPSA) is 82.3 Å². The number of aromatic nitrogens is 2. The number of amides is 1. The first-order valence-corrected chi connectivity index (χ1v) is 11.7. The second kappa shape index (κ2) is 10.1. The Balaban J connectivity index is 1.63. The molecule has 0 atom stereocenters. The molecule has 0 aliphatic heterocycles. The molecule has 0 aliphatic carbocycles. The van der Waals surface area contributed by atoms with Gasteiger partial charge in [0.2, 0.25) is 5.91 Å². The van der Waals surface area contributed by atoms with Gasteiger partial charge in [0.1, 0.15) is 17.0 Å². The van der Waals surface area contributed by atoms with E-state index in [-0.39, 0.29) is 31.1 Å². The van der Waals surface area contributed by atoms with Crippen LogP contribution in [0.3, 0.4) is 0 Å². The first kappa shape index (κ1) is 22.8. The number of benzene rings is 2. The van der Waals surface area contributed by atoms with Crippen LogP contribution in [0.25, 0.3) is 10.2 Å². The maximum atomic E-state index is 13.3. The lowest BCUT2D eigenvalue weighted by molar-refractivity contribution is -0.121. The number of carbonyl (C=O) groups is 1. The Hall–Kier alpha value is -3.36. The summed E-state index contributed by atoms with van der Waals surface area (Å²) >= 11 is 7.40. The molecule has 2 aromatic carbocycles. The first-order valence-electron chi connectivity index (χ1n) is 10.4. The van der Waals surface area contributed by atoms with E-state index in [1.807, 2.05) is 43.3 Å². The molecule has 0 saturated carbocycles. The molecule has 0 spiro atoms. The van der Waals surface area contributed by atoms with Gasteiger partial charge in [0.15, 0.2) is 0 Å². The van der Waals surface area contributed by atoms with Crippen molar-refractivity contribution < 1.29 is 9.53 Å². The Morgan fingerprint density at radius 3 is 2.70 bits per heavy atom. The highest BCUT2D eigenvalue weighted by Gasteiger charge is 2.17. The number of carbonyl (C=O) groups excluding carboxylic acids is 1. The van der Waals surface area contributed by atoms with Crippen molar-refractivity contribution in [2.45, 2.75) is 26.6 Å². The summed E-state index contributed by atoms with van der Waals surface area (Å²) in [5.74, 6) is 0.313. The normalized spacial score (nSPS) is 11.0. The van der Waals surface area contributed by atoms with Crippen LogP contribution >= 0.6 is 22.9 Å². The molecule has 0 fully saturated rings. The summed E-state index contributed by atoms with van der Waals surface area (Å²) < 4.78 is 8.44. The molecule has 0 bridgehead atoms. The molecule has 1 amide bonds. The second-order valence-electron chi connectivity index (χ2n) is 7.34. The number of thiophene rings is 1. The fraction of sp³-hybridized carbons (Fsp3) is 0.208. The van der Waals surface area contributed by atoms with Crippen molar-refractivity contribution in [3.8, 4) is 5.75 Å². The van der Waals surface area contributed by atoms with Crippen LogP contribution in [0.15, 0.2) is 69.6 Å². The molecule has 4 rings (SSSR count). The summed E-state index contributed by atoms with van der Waals surface area (Å²) in [6.45, 7) is 2.51. The summed E-state index contributed by atoms with van der Waals surface area (Å²) in [6, 6.07) is 16.2. The first-order chi connectivity index (χ1) is 16.0. The van der Waals surface area contributed by atoms with Crippen LogP contribution in [0.4, 0.5) is 0 Å². The summed E-state index contributed by atoms with van der Waals surface area (Å²) in [4.78, 5) is 39.0. The molecule has 0 saturated heterocycles. The standard InChI is InChI=1S/C24H22ClN3O4S/c1-2-32-18-8-5-6-16(12-18)14-28-23(30)22-20(10-11-33-22)27(24(28)31)15-21(29)26-13-17-7-3-4-9-19(17)25/h3-12H,2,13-15H2,1H3,(H,26,29). The Morgan fingerprint density at radius 1 is 1.09 bits per heavy atom. The van der Waals surface area contributed by atoms with E-state index >= 15 is 0 Å². The second-order valence-corrected chi connectivity index (χ2v) is 8.67. The Kier molecular flexibility index (Phi) is 6.96. The van der Waals surface area contributed by atoms with Gasteiger partial charge < -0.3 is 10.1 Å². The lowest BCUT2D eigenvalue weighted by Crippen LogP contribution is -2.42. The number of fused-ring (bicyclic) bond motifs is 1. The Bertz CT molecular complexity index is 1420. The molecular weight excluding hydrogens is 462 g/mol. The smallest absolute Gasteiger partial charge is 0.332 e. The molecule has 9 heteroatoms. The third kappa shape index (κ3) is 5.02. The van der Waals surface area contributed by atoms with Gasteiger partial charge >= 0.3 is 5.69 Å². The Labute approximate surface area is 198 Å². The summed E-state index contributed by atoms with van der Waals surface area (Å²) in [7, 11) is 0. The number of nitrogens with zero attached hydrogens (tertiary/aromatic N) is 2. The van der Waals surface area contributed by atoms with E-state index in [4.69, 9.17) is 16.3 Å². The van der Waals surface area contributed by atoms with E-state index in [1.165, 1.54) is 15.9 Å². The molecule has 7 nitrogen and oxygen atoms in total. The lowest BCUT2D eigenvalue weighted by Gasteiger charge is -2.13. The van der Waals surface area contributed by atoms with Gasteiger partial charge in [0, 0.05) is 11.6 Å². The minimum Gasteiger partial charge on any atom is -0.494 e. The van der Waals surface area contributed by atoms with Crippen LogP contribution in [0.2, 0.25) is 5.02 Å². The van der Waals surface area contributed by atoms with E-state index in [0.29, 0.717) is 27.6 Å². The molecule has 170 valence electrons. The molecular formula is C24H22ClN3O4S. The number of hydrogen-bond acceptors (Lipinski definition) is 5. The number of rotatable bonds is 8. The van der Waals surface area contributed by atoms with Crippen molar-refractivity contribution in [1.29, 1.82) is 0 Å². The zero-order valence-corrected chi connectivity index (χ0v) is 19.5. The lowest BCUT2D eigenvalue weighted by atomic mass is 10.2. The van der Waals surface area contributed by atoms with Crippen molar-refractivity contribution >= 4 is 39.1 Å². The van der Waals surface area contributed by atoms with Gasteiger partial charge in [0.25, 0.3) is 5.56 Å². The predicted octanol–water partition coefficient (Wildman–Crippen LogP) is 3.64. The highest BCUT2D eigenvalue weighted by molar-refractivity contribution is 7.17. The van der Waals surface area contributed by atoms with Gasteiger partial charge in [0.05, 0.1) is 18.7 Å². The van der Waals surface area contributed by atoms with E-state index in [1.54, 1.807) is 23.6 Å². The zero-order chi connectivity index (χ0) is 23.4. The number of hydrogen-bond donors (Lipinski definition) is 1. The molecule has 2 heterocycles. The highest BCUT2D eigenvalue weighted by Crippen LogP contribution is 2.17. The number of nitrogens with one attached hydrogen (secondary N) is 1. The molecule has 1 N–H and O–H groups in total. The van der Waals surface area contributed by atoms with Gasteiger partial charge in [-0.05, 0) is 47.7 Å². The third-order valence-corrected chi connectivity index (χ3v) is 6.38. The van der Waals surface area contributed by atoms with Crippen LogP contribution in [0, 0.1) is 0 Å². The van der Waals surface area contributed by atoms with Crippen molar-refractivity contribution in [1.82, 2.24) is 14.5 Å². The molecule has 2 aromatic heterocycles. The minimum absolute atomic E-state index is 0.0770. The summed E-state index contributed by atoms with van der Waals surface area (Å²) in [6.07, 6.45) is 0. The van der Waals surface area contributed by atoms with E-state index in [0.717, 1.165) is 15.7 Å². The minimum atomic E-state index is -0.541. The van der Waals surface area contributed by atoms with E-state index in [2.05, 4.69) is 5.32 Å². The molecule has 0 unspecified atom stereocenters. The van der Waals surface area contributed by atoms with Gasteiger partial charge in [-0.15, -0.1) is 11.3 Å². The summed E-state index contributed by atoms with van der Waals surface area (Å²) in [5.41, 5.74) is 1.06. The van der Waals surface area contributed by atoms with E-state index < -0.39 is 5.69 Å². The quantitative estimate of drug-likeness (QED) is 0.415. The van der Waals surface area contributed by atoms with Gasteiger partial charge in [-0.2, -0.15) is 0 Å². The van der Waals surface area contributed by atoms with Crippen molar-refractivity contribution in [2.75, 3.05) is 6.61 Å². The highest BCUT2D eigenvalue weighted by atomic mass is 35.5. The maximum absolute atomic E-state index is 13.3. The zero-order valence-electron chi connectivity index (χ0n) is 17.9. The van der Waals surface area contributed by atoms with Gasteiger partial charge in [-0.3, -0.25) is 18.7 Å². The van der Waals surface area contributed by atoms with Gasteiger partial charge in [-0.1, -0.05) is 41.9 Å². The van der Waals surface area contributed by atoms with Crippen LogP contribution in [0.1, 0.15) is 18.1 Å². The van der Waals surface area contributed by atoms with E-state index in [9.17, 15) is 14.4 Å². The number of ether oxygens (including phenoxy) is 1. The Morgan fingerprint density at radius 2 is 1.91 bits per heavy atom.